The zero-order chi connectivity index (χ0) is 24.2. The number of rotatable bonds is 6. The molecule has 0 bridgehead atoms. The van der Waals surface area contributed by atoms with Crippen molar-refractivity contribution in [1.82, 2.24) is 15.1 Å². The van der Waals surface area contributed by atoms with Gasteiger partial charge in [0.05, 0.1) is 17.7 Å². The third-order valence-corrected chi connectivity index (χ3v) is 6.95. The van der Waals surface area contributed by atoms with Crippen LogP contribution in [0.2, 0.25) is 10.0 Å². The van der Waals surface area contributed by atoms with Gasteiger partial charge in [-0.05, 0) is 61.6 Å². The molecule has 0 aliphatic carbocycles. The highest BCUT2D eigenvalue weighted by Gasteiger charge is 2.42. The summed E-state index contributed by atoms with van der Waals surface area (Å²) in [4.78, 5) is 42.8. The zero-order valence-electron chi connectivity index (χ0n) is 18.9. The first-order valence-electron chi connectivity index (χ1n) is 11.4. The quantitative estimate of drug-likeness (QED) is 0.647. The van der Waals surface area contributed by atoms with Crippen molar-refractivity contribution in [2.24, 2.45) is 0 Å². The lowest BCUT2D eigenvalue weighted by Gasteiger charge is -2.31. The van der Waals surface area contributed by atoms with Crippen LogP contribution in [0.5, 0.6) is 5.75 Å². The SMILES string of the molecule is COc1cccc(CNC(=O)[C@H]2CCCN2C(=O)C2CCCN2C(=O)c2ccc(Cl)cc2Cl)c1. The average molecular weight is 504 g/mol. The number of amides is 3. The molecular formula is C25H27Cl2N3O4. The lowest BCUT2D eigenvalue weighted by molar-refractivity contribution is -0.141. The summed E-state index contributed by atoms with van der Waals surface area (Å²) in [5, 5.41) is 3.64. The minimum atomic E-state index is -0.606. The number of ether oxygens (including phenoxy) is 1. The highest BCUT2D eigenvalue weighted by Crippen LogP contribution is 2.29. The van der Waals surface area contributed by atoms with Crippen molar-refractivity contribution in [1.29, 1.82) is 0 Å². The molecule has 2 aromatic rings. The van der Waals surface area contributed by atoms with E-state index in [1.54, 1.807) is 29.0 Å². The van der Waals surface area contributed by atoms with E-state index in [9.17, 15) is 14.4 Å². The molecule has 2 heterocycles. The first-order chi connectivity index (χ1) is 16.4. The number of hydrogen-bond acceptors (Lipinski definition) is 4. The predicted molar refractivity (Wildman–Crippen MR) is 130 cm³/mol. The second-order valence-corrected chi connectivity index (χ2v) is 9.38. The van der Waals surface area contributed by atoms with E-state index in [1.165, 1.54) is 6.07 Å². The molecule has 0 aromatic heterocycles. The molecule has 0 radical (unpaired) electrons. The van der Waals surface area contributed by atoms with Gasteiger partial charge in [-0.3, -0.25) is 14.4 Å². The minimum absolute atomic E-state index is 0.185. The third-order valence-electron chi connectivity index (χ3n) is 6.40. The molecule has 0 saturated carbocycles. The van der Waals surface area contributed by atoms with Crippen molar-refractivity contribution < 1.29 is 19.1 Å². The van der Waals surface area contributed by atoms with Crippen LogP contribution in [0.1, 0.15) is 41.6 Å². The summed E-state index contributed by atoms with van der Waals surface area (Å²) < 4.78 is 5.23. The Hall–Kier alpha value is -2.77. The summed E-state index contributed by atoms with van der Waals surface area (Å²) in [6, 6.07) is 11.0. The number of hydrogen-bond donors (Lipinski definition) is 1. The van der Waals surface area contributed by atoms with Crippen molar-refractivity contribution in [3.63, 3.8) is 0 Å². The summed E-state index contributed by atoms with van der Waals surface area (Å²) in [5.41, 5.74) is 1.23. The molecule has 2 saturated heterocycles. The van der Waals surface area contributed by atoms with Crippen LogP contribution in [0.25, 0.3) is 0 Å². The molecule has 2 atom stereocenters. The van der Waals surface area contributed by atoms with Crippen molar-refractivity contribution in [3.8, 4) is 5.75 Å². The van der Waals surface area contributed by atoms with Gasteiger partial charge in [0.25, 0.3) is 5.91 Å². The second kappa shape index (κ2) is 10.7. The summed E-state index contributed by atoms with van der Waals surface area (Å²) in [7, 11) is 1.59. The van der Waals surface area contributed by atoms with E-state index in [-0.39, 0.29) is 22.7 Å². The predicted octanol–water partition coefficient (Wildman–Crippen LogP) is 3.91. The van der Waals surface area contributed by atoms with Gasteiger partial charge in [0.15, 0.2) is 0 Å². The van der Waals surface area contributed by atoms with Gasteiger partial charge in [-0.2, -0.15) is 0 Å². The maximum Gasteiger partial charge on any atom is 0.256 e. The molecule has 4 rings (SSSR count). The smallest absolute Gasteiger partial charge is 0.256 e. The van der Waals surface area contributed by atoms with Gasteiger partial charge in [-0.25, -0.2) is 0 Å². The molecule has 7 nitrogen and oxygen atoms in total. The highest BCUT2D eigenvalue weighted by atomic mass is 35.5. The topological polar surface area (TPSA) is 79.0 Å². The molecule has 2 aliphatic rings. The lowest BCUT2D eigenvalue weighted by atomic mass is 10.1. The maximum atomic E-state index is 13.5. The lowest BCUT2D eigenvalue weighted by Crippen LogP contribution is -2.52. The van der Waals surface area contributed by atoms with Crippen LogP contribution in [0.15, 0.2) is 42.5 Å². The van der Waals surface area contributed by atoms with Crippen molar-refractivity contribution in [2.45, 2.75) is 44.3 Å². The van der Waals surface area contributed by atoms with Gasteiger partial charge < -0.3 is 19.9 Å². The number of halogens is 2. The van der Waals surface area contributed by atoms with Crippen LogP contribution in [-0.4, -0.2) is 59.8 Å². The van der Waals surface area contributed by atoms with Gasteiger partial charge >= 0.3 is 0 Å². The van der Waals surface area contributed by atoms with Crippen LogP contribution < -0.4 is 10.1 Å². The van der Waals surface area contributed by atoms with Gasteiger partial charge in [0, 0.05) is 24.7 Å². The Bertz CT molecular complexity index is 1090. The molecule has 1 N–H and O–H groups in total. The summed E-state index contributed by atoms with van der Waals surface area (Å²) in [5.74, 6) is 0.0483. The van der Waals surface area contributed by atoms with Crippen LogP contribution in [0, 0.1) is 0 Å². The van der Waals surface area contributed by atoms with E-state index < -0.39 is 12.1 Å². The molecule has 2 fully saturated rings. The maximum absolute atomic E-state index is 13.5. The number of methoxy groups -OCH3 is 1. The number of likely N-dealkylation sites (tertiary alicyclic amines) is 2. The molecule has 2 aliphatic heterocycles. The van der Waals surface area contributed by atoms with E-state index >= 15 is 0 Å². The number of carbonyl (C=O) groups is 3. The molecular weight excluding hydrogens is 477 g/mol. The third kappa shape index (κ3) is 5.15. The molecule has 1 unspecified atom stereocenters. The Balaban J connectivity index is 1.43. The molecule has 3 amide bonds. The van der Waals surface area contributed by atoms with Crippen LogP contribution in [-0.2, 0) is 16.1 Å². The molecule has 180 valence electrons. The van der Waals surface area contributed by atoms with Crippen LogP contribution >= 0.6 is 23.2 Å². The summed E-state index contributed by atoms with van der Waals surface area (Å²) in [6.45, 7) is 1.31. The molecule has 0 spiro atoms. The zero-order valence-corrected chi connectivity index (χ0v) is 20.4. The van der Waals surface area contributed by atoms with Gasteiger partial charge in [-0.15, -0.1) is 0 Å². The summed E-state index contributed by atoms with van der Waals surface area (Å²) >= 11 is 12.2. The van der Waals surface area contributed by atoms with E-state index in [0.717, 1.165) is 17.7 Å². The number of nitrogens with one attached hydrogen (secondary N) is 1. The molecule has 9 heteroatoms. The van der Waals surface area contributed by atoms with Crippen LogP contribution in [0.3, 0.4) is 0 Å². The highest BCUT2D eigenvalue weighted by molar-refractivity contribution is 6.36. The molecule has 34 heavy (non-hydrogen) atoms. The second-order valence-electron chi connectivity index (χ2n) is 8.54. The number of carbonyl (C=O) groups excluding carboxylic acids is 3. The van der Waals surface area contributed by atoms with Crippen molar-refractivity contribution in [2.75, 3.05) is 20.2 Å². The monoisotopic (exact) mass is 503 g/mol. The Morgan fingerprint density at radius 2 is 1.74 bits per heavy atom. The molecule has 2 aromatic carbocycles. The van der Waals surface area contributed by atoms with E-state index in [4.69, 9.17) is 27.9 Å². The standard InChI is InChI=1S/C25H27Cl2N3O4/c1-34-18-6-2-5-16(13-18)15-28-23(31)21-7-3-11-29(21)25(33)22-8-4-12-30(22)24(32)19-10-9-17(26)14-20(19)27/h2,5-6,9-10,13-14,21-22H,3-4,7-8,11-12,15H2,1H3,(H,28,31)/t21-,22?/m1/s1. The normalized spacial score (nSPS) is 19.9. The summed E-state index contributed by atoms with van der Waals surface area (Å²) in [6.07, 6.45) is 2.62. The van der Waals surface area contributed by atoms with Gasteiger partial charge in [0.2, 0.25) is 11.8 Å². The van der Waals surface area contributed by atoms with Gasteiger partial charge in [-0.1, -0.05) is 35.3 Å². The Morgan fingerprint density at radius 3 is 2.47 bits per heavy atom. The average Bonchev–Trinajstić information content (AvgIpc) is 3.52. The fraction of sp³-hybridized carbons (Fsp3) is 0.400. The Kier molecular flexibility index (Phi) is 7.63. The van der Waals surface area contributed by atoms with E-state index in [0.29, 0.717) is 49.5 Å². The van der Waals surface area contributed by atoms with Crippen molar-refractivity contribution >= 4 is 40.9 Å². The minimum Gasteiger partial charge on any atom is -0.497 e. The number of benzene rings is 2. The Labute approximate surface area is 208 Å². The first-order valence-corrected chi connectivity index (χ1v) is 12.1. The fourth-order valence-electron chi connectivity index (χ4n) is 4.67. The van der Waals surface area contributed by atoms with Crippen LogP contribution in [0.4, 0.5) is 0 Å². The van der Waals surface area contributed by atoms with Crippen molar-refractivity contribution in [3.05, 3.63) is 63.6 Å². The number of nitrogens with zero attached hydrogens (tertiary/aromatic N) is 2. The van der Waals surface area contributed by atoms with E-state index in [2.05, 4.69) is 5.32 Å². The first kappa shape index (κ1) is 24.4. The largest absolute Gasteiger partial charge is 0.497 e. The Morgan fingerprint density at radius 1 is 1.00 bits per heavy atom. The van der Waals surface area contributed by atoms with E-state index in [1.807, 2.05) is 24.3 Å². The fourth-order valence-corrected chi connectivity index (χ4v) is 5.16. The van der Waals surface area contributed by atoms with Gasteiger partial charge in [0.1, 0.15) is 17.8 Å².